The summed E-state index contributed by atoms with van der Waals surface area (Å²) in [4.78, 5) is 0. The molecule has 0 N–H and O–H groups in total. The molecule has 3 aromatic carbocycles. The molecule has 120 valence electrons. The van der Waals surface area contributed by atoms with Crippen LogP contribution in [-0.2, 0) is 7.05 Å². The molecule has 5 aromatic rings. The van der Waals surface area contributed by atoms with E-state index in [9.17, 15) is 0 Å². The Balaban J connectivity index is 1.82. The van der Waals surface area contributed by atoms with Crippen LogP contribution in [0.15, 0.2) is 91.1 Å². The van der Waals surface area contributed by atoms with Gasteiger partial charge in [-0.15, -0.1) is 0 Å². The molecular weight excluding hydrogens is 304 g/mol. The van der Waals surface area contributed by atoms with Gasteiger partial charge in [-0.2, -0.15) is 0 Å². The van der Waals surface area contributed by atoms with Crippen LogP contribution in [0, 0.1) is 0 Å². The Morgan fingerprint density at radius 3 is 2.28 bits per heavy atom. The molecule has 2 heterocycles. The average Bonchev–Trinajstić information content (AvgIpc) is 3.21. The van der Waals surface area contributed by atoms with Crippen molar-refractivity contribution in [1.82, 2.24) is 9.13 Å². The van der Waals surface area contributed by atoms with Crippen molar-refractivity contribution in [3.05, 3.63) is 91.1 Å². The first-order valence-electron chi connectivity index (χ1n) is 8.53. The summed E-state index contributed by atoms with van der Waals surface area (Å²) in [6.07, 6.45) is 2.13. The highest BCUT2D eigenvalue weighted by molar-refractivity contribution is 6.08. The summed E-state index contributed by atoms with van der Waals surface area (Å²) in [6.45, 7) is 0. The van der Waals surface area contributed by atoms with Crippen LogP contribution in [0.2, 0.25) is 0 Å². The number of rotatable bonds is 2. The zero-order valence-corrected chi connectivity index (χ0v) is 14.1. The summed E-state index contributed by atoms with van der Waals surface area (Å²) in [5.41, 5.74) is 6.14. The SMILES string of the molecule is Cn1ccc2c3ccccc3n(-c3cccc(-c4ccccc4)c3)c21. The van der Waals surface area contributed by atoms with Gasteiger partial charge in [-0.1, -0.05) is 60.7 Å². The number of aryl methyl sites for hydroxylation is 1. The molecule has 2 heteroatoms. The third kappa shape index (κ3) is 2.11. The molecule has 5 rings (SSSR count). The normalized spacial score (nSPS) is 11.4. The second kappa shape index (κ2) is 5.38. The molecule has 0 atom stereocenters. The highest BCUT2D eigenvalue weighted by Gasteiger charge is 2.14. The largest absolute Gasteiger partial charge is 0.337 e. The Kier molecular flexibility index (Phi) is 3.04. The van der Waals surface area contributed by atoms with E-state index in [4.69, 9.17) is 0 Å². The smallest absolute Gasteiger partial charge is 0.125 e. The minimum Gasteiger partial charge on any atom is -0.337 e. The van der Waals surface area contributed by atoms with Gasteiger partial charge in [0.15, 0.2) is 0 Å². The lowest BCUT2D eigenvalue weighted by atomic mass is 10.1. The van der Waals surface area contributed by atoms with E-state index >= 15 is 0 Å². The molecule has 0 fully saturated rings. The fraction of sp³-hybridized carbons (Fsp3) is 0.0435. The molecule has 0 bridgehead atoms. The summed E-state index contributed by atoms with van der Waals surface area (Å²) in [5, 5.41) is 2.59. The number of benzene rings is 3. The quantitative estimate of drug-likeness (QED) is 0.389. The fourth-order valence-electron chi connectivity index (χ4n) is 3.74. The summed E-state index contributed by atoms with van der Waals surface area (Å²) < 4.78 is 4.56. The van der Waals surface area contributed by atoms with Crippen LogP contribution < -0.4 is 0 Å². The summed E-state index contributed by atoms with van der Waals surface area (Å²) in [6, 6.07) is 30.1. The van der Waals surface area contributed by atoms with Crippen LogP contribution in [0.25, 0.3) is 38.8 Å². The number of fused-ring (bicyclic) bond motifs is 3. The second-order valence-electron chi connectivity index (χ2n) is 6.43. The first kappa shape index (κ1) is 14.1. The van der Waals surface area contributed by atoms with E-state index in [1.165, 1.54) is 38.8 Å². The number of hydrogen-bond acceptors (Lipinski definition) is 0. The van der Waals surface area contributed by atoms with E-state index in [0.29, 0.717) is 0 Å². The highest BCUT2D eigenvalue weighted by Crippen LogP contribution is 2.33. The van der Waals surface area contributed by atoms with Gasteiger partial charge in [-0.25, -0.2) is 0 Å². The third-order valence-corrected chi connectivity index (χ3v) is 4.90. The van der Waals surface area contributed by atoms with Gasteiger partial charge in [0.1, 0.15) is 5.65 Å². The molecule has 0 saturated carbocycles. The molecule has 0 aliphatic heterocycles. The Labute approximate surface area is 146 Å². The molecule has 0 unspecified atom stereocenters. The van der Waals surface area contributed by atoms with Gasteiger partial charge in [0.25, 0.3) is 0 Å². The highest BCUT2D eigenvalue weighted by atomic mass is 15.1. The zero-order valence-electron chi connectivity index (χ0n) is 14.1. The van der Waals surface area contributed by atoms with Crippen molar-refractivity contribution in [3.63, 3.8) is 0 Å². The van der Waals surface area contributed by atoms with E-state index in [-0.39, 0.29) is 0 Å². The zero-order chi connectivity index (χ0) is 16.8. The third-order valence-electron chi connectivity index (χ3n) is 4.90. The van der Waals surface area contributed by atoms with Crippen LogP contribution in [-0.4, -0.2) is 9.13 Å². The van der Waals surface area contributed by atoms with Crippen LogP contribution in [0.3, 0.4) is 0 Å². The van der Waals surface area contributed by atoms with E-state index in [1.54, 1.807) is 0 Å². The lowest BCUT2D eigenvalue weighted by Gasteiger charge is -2.11. The summed E-state index contributed by atoms with van der Waals surface area (Å²) in [5.74, 6) is 0. The van der Waals surface area contributed by atoms with Gasteiger partial charge in [-0.3, -0.25) is 4.57 Å². The Morgan fingerprint density at radius 2 is 1.40 bits per heavy atom. The number of para-hydroxylation sites is 1. The van der Waals surface area contributed by atoms with Gasteiger partial charge >= 0.3 is 0 Å². The maximum Gasteiger partial charge on any atom is 0.125 e. The van der Waals surface area contributed by atoms with Crippen molar-refractivity contribution in [3.8, 4) is 16.8 Å². The van der Waals surface area contributed by atoms with E-state index < -0.39 is 0 Å². The number of hydrogen-bond donors (Lipinski definition) is 0. The van der Waals surface area contributed by atoms with Crippen molar-refractivity contribution in [2.45, 2.75) is 0 Å². The Bertz CT molecular complexity index is 1190. The molecule has 0 aliphatic carbocycles. The Hall–Kier alpha value is -3.26. The molecule has 0 radical (unpaired) electrons. The predicted octanol–water partition coefficient (Wildman–Crippen LogP) is 5.79. The molecule has 0 spiro atoms. The molecule has 0 saturated heterocycles. The molecule has 2 nitrogen and oxygen atoms in total. The van der Waals surface area contributed by atoms with Crippen molar-refractivity contribution in [2.24, 2.45) is 7.05 Å². The standard InChI is InChI=1S/C23H18N2/c1-24-15-14-21-20-12-5-6-13-22(20)25(23(21)24)19-11-7-10-18(16-19)17-8-3-2-4-9-17/h2-16H,1H3. The van der Waals surface area contributed by atoms with Crippen molar-refractivity contribution >= 4 is 21.9 Å². The maximum atomic E-state index is 2.36. The van der Waals surface area contributed by atoms with Crippen LogP contribution >= 0.6 is 0 Å². The first-order valence-corrected chi connectivity index (χ1v) is 8.53. The lowest BCUT2D eigenvalue weighted by Crippen LogP contribution is -1.98. The maximum absolute atomic E-state index is 2.36. The molecular formula is C23H18N2. The number of aromatic nitrogens is 2. The van der Waals surface area contributed by atoms with Gasteiger partial charge in [-0.05, 0) is 35.4 Å². The van der Waals surface area contributed by atoms with Gasteiger partial charge in [0.2, 0.25) is 0 Å². The average molecular weight is 322 g/mol. The van der Waals surface area contributed by atoms with E-state index in [0.717, 1.165) is 0 Å². The van der Waals surface area contributed by atoms with E-state index in [2.05, 4.69) is 107 Å². The molecule has 0 aliphatic rings. The Morgan fingerprint density at radius 1 is 0.640 bits per heavy atom. The van der Waals surface area contributed by atoms with Crippen molar-refractivity contribution < 1.29 is 0 Å². The minimum absolute atomic E-state index is 1.19. The monoisotopic (exact) mass is 322 g/mol. The van der Waals surface area contributed by atoms with E-state index in [1.807, 2.05) is 0 Å². The first-order chi connectivity index (χ1) is 12.3. The summed E-state index contributed by atoms with van der Waals surface area (Å²) >= 11 is 0. The fourth-order valence-corrected chi connectivity index (χ4v) is 3.74. The molecule has 2 aromatic heterocycles. The van der Waals surface area contributed by atoms with Gasteiger partial charge in [0.05, 0.1) is 5.52 Å². The topological polar surface area (TPSA) is 9.86 Å². The van der Waals surface area contributed by atoms with Crippen LogP contribution in [0.1, 0.15) is 0 Å². The van der Waals surface area contributed by atoms with Crippen LogP contribution in [0.4, 0.5) is 0 Å². The van der Waals surface area contributed by atoms with Gasteiger partial charge < -0.3 is 4.57 Å². The second-order valence-corrected chi connectivity index (χ2v) is 6.43. The minimum atomic E-state index is 1.19. The number of nitrogens with zero attached hydrogens (tertiary/aromatic N) is 2. The van der Waals surface area contributed by atoms with Crippen molar-refractivity contribution in [1.29, 1.82) is 0 Å². The van der Waals surface area contributed by atoms with Crippen LogP contribution in [0.5, 0.6) is 0 Å². The molecule has 0 amide bonds. The lowest BCUT2D eigenvalue weighted by molar-refractivity contribution is 0.926. The molecule has 25 heavy (non-hydrogen) atoms. The summed E-state index contributed by atoms with van der Waals surface area (Å²) in [7, 11) is 2.11. The van der Waals surface area contributed by atoms with Gasteiger partial charge in [0, 0.05) is 29.7 Å². The van der Waals surface area contributed by atoms with Crippen molar-refractivity contribution in [2.75, 3.05) is 0 Å². The predicted molar refractivity (Wildman–Crippen MR) is 105 cm³/mol.